The first-order valence-corrected chi connectivity index (χ1v) is 22.8. The number of methoxy groups -OCH3 is 1. The predicted octanol–water partition coefficient (Wildman–Crippen LogP) is 5.58. The number of carbonyl (C=O) groups is 1. The number of aliphatic hydroxyl groups excluding tert-OH is 3. The van der Waals surface area contributed by atoms with Crippen LogP contribution in [0.2, 0.25) is 0 Å². The van der Waals surface area contributed by atoms with Crippen molar-refractivity contribution in [2.75, 3.05) is 73.9 Å². The fraction of sp³-hybridized carbons (Fsp3) is 0.627. The Balaban J connectivity index is 1.46. The zero-order chi connectivity index (χ0) is 44.0. The van der Waals surface area contributed by atoms with Gasteiger partial charge in [-0.05, 0) is 145 Å². The lowest BCUT2D eigenvalue weighted by Gasteiger charge is -2.61. The second kappa shape index (κ2) is 23.1. The van der Waals surface area contributed by atoms with Crippen LogP contribution in [0.5, 0.6) is 0 Å². The minimum absolute atomic E-state index is 0.0335. The molecule has 338 valence electrons. The van der Waals surface area contributed by atoms with Crippen molar-refractivity contribution in [1.82, 2.24) is 16.0 Å². The molecule has 2 saturated carbocycles. The summed E-state index contributed by atoms with van der Waals surface area (Å²) in [7, 11) is 5.66. The maximum atomic E-state index is 12.9. The molecule has 9 unspecified atom stereocenters. The molecule has 4 aliphatic rings. The quantitative estimate of drug-likeness (QED) is 0.0292. The molecular weight excluding hydrogens is 767 g/mol. The second-order valence-corrected chi connectivity index (χ2v) is 18.5. The van der Waals surface area contributed by atoms with Crippen molar-refractivity contribution in [2.24, 2.45) is 35.0 Å². The molecule has 61 heavy (non-hydrogen) atoms. The number of allylic oxidation sites excluding steroid dienone is 9. The summed E-state index contributed by atoms with van der Waals surface area (Å²) >= 11 is 0. The van der Waals surface area contributed by atoms with Gasteiger partial charge in [-0.2, -0.15) is 0 Å². The standard InChI is InChI=1S/C51H77N3O7/c1-36-13-14-42(30-39-10-8-11-40(29-39)31-49(54-33-36,20-23-52-4)22-27-60-6)37(2)9-7-12-44(35-61-28-26-56)45-17-19-51(48(45)58)47-41(18-25-55)15-16-43(46(47)38(3)34-57)32-50(51,59)21-24-53-5/h7-13,15-16,29,34,41-43,45,47-48,52-56,58-59H,2,14,17-28,30-33,35H2,1,3-6H3. The molecule has 10 nitrogen and oxygen atoms in total. The number of aliphatic hydroxyl groups is 4. The number of hydrogen-bond acceptors (Lipinski definition) is 10. The summed E-state index contributed by atoms with van der Waals surface area (Å²) in [5, 5.41) is 56.3. The van der Waals surface area contributed by atoms with Gasteiger partial charge in [-0.1, -0.05) is 84.0 Å². The monoisotopic (exact) mass is 844 g/mol. The first-order valence-electron chi connectivity index (χ1n) is 22.8. The summed E-state index contributed by atoms with van der Waals surface area (Å²) in [5.74, 6) is -0.742. The van der Waals surface area contributed by atoms with Crippen LogP contribution < -0.4 is 16.0 Å². The van der Waals surface area contributed by atoms with E-state index in [2.05, 4.69) is 78.0 Å². The average Bonchev–Trinajstić information content (AvgIpc) is 3.60. The van der Waals surface area contributed by atoms with E-state index in [1.807, 2.05) is 33.2 Å². The molecule has 1 aliphatic heterocycles. The lowest BCUT2D eigenvalue weighted by molar-refractivity contribution is -0.194. The first-order chi connectivity index (χ1) is 29.4. The highest BCUT2D eigenvalue weighted by molar-refractivity contribution is 5.74. The van der Waals surface area contributed by atoms with E-state index in [0.29, 0.717) is 50.8 Å². The summed E-state index contributed by atoms with van der Waals surface area (Å²) in [5.41, 5.74) is 5.15. The molecule has 1 spiro atoms. The van der Waals surface area contributed by atoms with Crippen molar-refractivity contribution < 1.29 is 34.7 Å². The van der Waals surface area contributed by atoms with Crippen molar-refractivity contribution in [2.45, 2.75) is 95.3 Å². The molecule has 1 aromatic rings. The van der Waals surface area contributed by atoms with Crippen LogP contribution >= 0.6 is 0 Å². The van der Waals surface area contributed by atoms with E-state index < -0.39 is 17.1 Å². The molecule has 1 heterocycles. The van der Waals surface area contributed by atoms with Crippen molar-refractivity contribution in [3.05, 3.63) is 106 Å². The van der Waals surface area contributed by atoms with Gasteiger partial charge in [0.05, 0.1) is 31.5 Å². The number of aldehydes is 1. The Morgan fingerprint density at radius 1 is 1.07 bits per heavy atom. The van der Waals surface area contributed by atoms with Gasteiger partial charge in [0.15, 0.2) is 0 Å². The van der Waals surface area contributed by atoms with Gasteiger partial charge in [0.25, 0.3) is 0 Å². The Hall–Kier alpha value is -3.03. The molecule has 0 amide bonds. The zero-order valence-electron chi connectivity index (χ0n) is 37.8. The number of carbonyl (C=O) groups excluding carboxylic acids is 1. The molecule has 2 fully saturated rings. The van der Waals surface area contributed by atoms with Crippen molar-refractivity contribution in [3.63, 3.8) is 0 Å². The number of rotatable bonds is 20. The number of nitrogens with one attached hydrogen (secondary N) is 3. The normalized spacial score (nSPS) is 32.7. The molecule has 7 N–H and O–H groups in total. The highest BCUT2D eigenvalue weighted by atomic mass is 16.5. The smallest absolute Gasteiger partial charge is 0.145 e. The minimum Gasteiger partial charge on any atom is -0.396 e. The predicted molar refractivity (Wildman–Crippen MR) is 245 cm³/mol. The van der Waals surface area contributed by atoms with Gasteiger partial charge in [0.2, 0.25) is 0 Å². The van der Waals surface area contributed by atoms with Crippen LogP contribution in [0.3, 0.4) is 0 Å². The summed E-state index contributed by atoms with van der Waals surface area (Å²) in [6, 6.07) is 8.99. The van der Waals surface area contributed by atoms with Crippen LogP contribution in [0.15, 0.2) is 95.2 Å². The molecule has 9 atom stereocenters. The molecule has 0 radical (unpaired) electrons. The zero-order valence-corrected chi connectivity index (χ0v) is 37.8. The van der Waals surface area contributed by atoms with Gasteiger partial charge >= 0.3 is 0 Å². The van der Waals surface area contributed by atoms with Crippen LogP contribution in [0.4, 0.5) is 0 Å². The van der Waals surface area contributed by atoms with E-state index in [1.165, 1.54) is 16.7 Å². The Morgan fingerprint density at radius 2 is 1.84 bits per heavy atom. The average molecular weight is 844 g/mol. The van der Waals surface area contributed by atoms with E-state index in [4.69, 9.17) is 9.47 Å². The molecule has 5 rings (SSSR count). The van der Waals surface area contributed by atoms with Crippen molar-refractivity contribution in [3.8, 4) is 0 Å². The van der Waals surface area contributed by atoms with E-state index in [1.54, 1.807) is 7.11 Å². The largest absolute Gasteiger partial charge is 0.396 e. The first kappa shape index (κ1) is 49.0. The number of ether oxygens (including phenoxy) is 2. The Morgan fingerprint density at radius 3 is 2.56 bits per heavy atom. The van der Waals surface area contributed by atoms with Gasteiger partial charge in [-0.25, -0.2) is 0 Å². The van der Waals surface area contributed by atoms with E-state index in [-0.39, 0.29) is 61.6 Å². The molecule has 0 aromatic heterocycles. The number of benzene rings is 1. The fourth-order valence-corrected chi connectivity index (χ4v) is 11.4. The number of hydrogen-bond donors (Lipinski definition) is 7. The highest BCUT2D eigenvalue weighted by Gasteiger charge is 2.68. The molecular formula is C51H77N3O7. The third kappa shape index (κ3) is 11.4. The van der Waals surface area contributed by atoms with Gasteiger partial charge in [0, 0.05) is 49.7 Å². The van der Waals surface area contributed by atoms with Crippen LogP contribution in [0.25, 0.3) is 0 Å². The minimum atomic E-state index is -1.23. The lowest BCUT2D eigenvalue weighted by Crippen LogP contribution is -2.65. The summed E-state index contributed by atoms with van der Waals surface area (Å²) < 4.78 is 11.6. The molecule has 1 aromatic carbocycles. The fourth-order valence-electron chi connectivity index (χ4n) is 11.4. The van der Waals surface area contributed by atoms with E-state index in [0.717, 1.165) is 68.2 Å². The van der Waals surface area contributed by atoms with E-state index in [9.17, 15) is 25.2 Å². The van der Waals surface area contributed by atoms with Crippen LogP contribution in [0.1, 0.15) is 76.3 Å². The van der Waals surface area contributed by atoms with Gasteiger partial charge in [-0.15, -0.1) is 0 Å². The van der Waals surface area contributed by atoms with Crippen LogP contribution in [0, 0.1) is 35.0 Å². The molecule has 0 saturated heterocycles. The third-order valence-electron chi connectivity index (χ3n) is 14.7. The maximum absolute atomic E-state index is 12.9. The van der Waals surface area contributed by atoms with Gasteiger partial charge in [0.1, 0.15) is 6.29 Å². The van der Waals surface area contributed by atoms with Gasteiger partial charge in [-0.3, -0.25) is 4.79 Å². The SMILES string of the molecule is C=C(C=CC=C(COCCO)C1CCC2(C1O)C1C(=C(C)C=O)C(C=CC1CCO)CC2(O)CCNC)C1CC=C(C)CNC(CCNC)(CCOC)Cc2cccc(c2)C1. The Bertz CT molecular complexity index is 1760. The molecule has 3 aliphatic carbocycles. The van der Waals surface area contributed by atoms with Crippen molar-refractivity contribution in [1.29, 1.82) is 0 Å². The van der Waals surface area contributed by atoms with Crippen LogP contribution in [-0.2, 0) is 27.1 Å². The Kier molecular flexibility index (Phi) is 18.5. The highest BCUT2D eigenvalue weighted by Crippen LogP contribution is 2.67. The molecule has 4 bridgehead atoms. The summed E-state index contributed by atoms with van der Waals surface area (Å²) in [6.45, 7) is 11.9. The molecule has 10 heteroatoms. The van der Waals surface area contributed by atoms with Gasteiger partial charge < -0.3 is 45.9 Å². The van der Waals surface area contributed by atoms with Crippen LogP contribution in [-0.4, -0.2) is 118 Å². The number of fused-ring (bicyclic) bond motifs is 5. The lowest BCUT2D eigenvalue weighted by atomic mass is 9.45. The summed E-state index contributed by atoms with van der Waals surface area (Å²) in [6.07, 6.45) is 19.7. The second-order valence-electron chi connectivity index (χ2n) is 18.5. The maximum Gasteiger partial charge on any atom is 0.145 e. The van der Waals surface area contributed by atoms with E-state index >= 15 is 0 Å². The topological polar surface area (TPSA) is 153 Å². The summed E-state index contributed by atoms with van der Waals surface area (Å²) in [4.78, 5) is 12.4. The third-order valence-corrected chi connectivity index (χ3v) is 14.7. The Labute approximate surface area is 366 Å². The van der Waals surface area contributed by atoms with Crippen molar-refractivity contribution >= 4 is 6.29 Å².